The molecule has 37 heavy (non-hydrogen) atoms. The van der Waals surface area contributed by atoms with Crippen LogP contribution in [0, 0.1) is 16.7 Å². The lowest BCUT2D eigenvalue weighted by Gasteiger charge is -2.39. The molecule has 0 aromatic carbocycles. The summed E-state index contributed by atoms with van der Waals surface area (Å²) in [7, 11) is 1.35. The van der Waals surface area contributed by atoms with E-state index in [1.54, 1.807) is 30.8 Å². The van der Waals surface area contributed by atoms with E-state index < -0.39 is 11.4 Å². The van der Waals surface area contributed by atoms with Crippen molar-refractivity contribution in [1.82, 2.24) is 14.6 Å². The third kappa shape index (κ3) is 5.35. The van der Waals surface area contributed by atoms with Crippen LogP contribution in [-0.2, 0) is 19.1 Å². The summed E-state index contributed by atoms with van der Waals surface area (Å²) < 4.78 is 17.7. The maximum absolute atomic E-state index is 12.7. The van der Waals surface area contributed by atoms with E-state index in [0.29, 0.717) is 49.4 Å². The van der Waals surface area contributed by atoms with Gasteiger partial charge in [-0.3, -0.25) is 9.59 Å². The van der Waals surface area contributed by atoms with Gasteiger partial charge in [-0.05, 0) is 51.8 Å². The van der Waals surface area contributed by atoms with Crippen molar-refractivity contribution in [3.63, 3.8) is 0 Å². The second-order valence-corrected chi connectivity index (χ2v) is 9.37. The summed E-state index contributed by atoms with van der Waals surface area (Å²) in [5, 5.41) is 13.9. The third-order valence-electron chi connectivity index (χ3n) is 6.59. The molecule has 194 valence electrons. The summed E-state index contributed by atoms with van der Waals surface area (Å²) >= 11 is 0. The van der Waals surface area contributed by atoms with Crippen LogP contribution in [0.15, 0.2) is 36.8 Å². The van der Waals surface area contributed by atoms with Crippen molar-refractivity contribution in [3.8, 4) is 22.9 Å². The molecule has 1 aliphatic heterocycles. The number of aromatic nitrogens is 3. The zero-order valence-corrected chi connectivity index (χ0v) is 21.6. The van der Waals surface area contributed by atoms with E-state index in [1.807, 2.05) is 25.1 Å². The van der Waals surface area contributed by atoms with Gasteiger partial charge in [-0.25, -0.2) is 9.50 Å². The second-order valence-electron chi connectivity index (χ2n) is 9.37. The van der Waals surface area contributed by atoms with Crippen molar-refractivity contribution in [1.29, 1.82) is 5.26 Å². The first kappa shape index (κ1) is 25.9. The molecule has 0 N–H and O–H groups in total. The van der Waals surface area contributed by atoms with Gasteiger partial charge < -0.3 is 19.1 Å². The number of nitrogens with zero attached hydrogens (tertiary/aromatic N) is 5. The molecule has 0 bridgehead atoms. The average Bonchev–Trinajstić information content (AvgIpc) is 3.31. The number of carbonyl (C=O) groups excluding carboxylic acids is 2. The van der Waals surface area contributed by atoms with E-state index in [9.17, 15) is 14.9 Å². The molecule has 1 aliphatic rings. The van der Waals surface area contributed by atoms with Gasteiger partial charge in [-0.1, -0.05) is 0 Å². The molecule has 1 fully saturated rings. The first-order chi connectivity index (χ1) is 17.8. The molecule has 10 nitrogen and oxygen atoms in total. The van der Waals surface area contributed by atoms with Gasteiger partial charge >= 0.3 is 11.9 Å². The van der Waals surface area contributed by atoms with E-state index >= 15 is 0 Å². The molecule has 0 unspecified atom stereocenters. The predicted octanol–water partition coefficient (Wildman–Crippen LogP) is 3.77. The van der Waals surface area contributed by atoms with Crippen LogP contribution in [0.25, 0.3) is 16.6 Å². The topological polar surface area (TPSA) is 119 Å². The highest BCUT2D eigenvalue weighted by Gasteiger charge is 2.45. The van der Waals surface area contributed by atoms with Crippen LogP contribution < -0.4 is 9.64 Å². The van der Waals surface area contributed by atoms with Crippen molar-refractivity contribution in [2.24, 2.45) is 5.41 Å². The summed E-state index contributed by atoms with van der Waals surface area (Å²) in [6.07, 6.45) is 5.71. The Hall–Kier alpha value is -4.13. The number of rotatable bonds is 8. The molecule has 4 heterocycles. The lowest BCUT2D eigenvalue weighted by Crippen LogP contribution is -2.46. The Labute approximate surface area is 215 Å². The van der Waals surface area contributed by atoms with Gasteiger partial charge in [-0.15, -0.1) is 0 Å². The van der Waals surface area contributed by atoms with E-state index in [-0.39, 0.29) is 18.5 Å². The Morgan fingerprint density at radius 2 is 1.97 bits per heavy atom. The monoisotopic (exact) mass is 505 g/mol. The molecule has 0 spiro atoms. The predicted molar refractivity (Wildman–Crippen MR) is 136 cm³/mol. The highest BCUT2D eigenvalue weighted by Crippen LogP contribution is 2.38. The Morgan fingerprint density at radius 1 is 1.22 bits per heavy atom. The fourth-order valence-electron chi connectivity index (χ4n) is 4.79. The second kappa shape index (κ2) is 10.9. The minimum atomic E-state index is -0.905. The molecule has 0 aliphatic carbocycles. The number of nitriles is 1. The molecule has 0 atom stereocenters. The van der Waals surface area contributed by atoms with E-state index in [2.05, 4.69) is 21.1 Å². The molecule has 4 rings (SSSR count). The van der Waals surface area contributed by atoms with E-state index in [0.717, 1.165) is 16.9 Å². The number of ether oxygens (including phenoxy) is 3. The lowest BCUT2D eigenvalue weighted by molar-refractivity contribution is -0.163. The normalized spacial score (nSPS) is 14.9. The van der Waals surface area contributed by atoms with Gasteiger partial charge in [0.1, 0.15) is 17.6 Å². The summed E-state index contributed by atoms with van der Waals surface area (Å²) in [5.74, 6) is 0.628. The van der Waals surface area contributed by atoms with Crippen molar-refractivity contribution < 1.29 is 23.8 Å². The van der Waals surface area contributed by atoms with Gasteiger partial charge in [0.25, 0.3) is 0 Å². The van der Waals surface area contributed by atoms with E-state index in [1.165, 1.54) is 13.3 Å². The van der Waals surface area contributed by atoms with Crippen molar-refractivity contribution in [3.05, 3.63) is 42.4 Å². The maximum Gasteiger partial charge on any atom is 0.312 e. The number of piperidine rings is 1. The van der Waals surface area contributed by atoms with Crippen LogP contribution in [0.3, 0.4) is 0 Å². The molecule has 0 radical (unpaired) electrons. The van der Waals surface area contributed by atoms with Crippen molar-refractivity contribution in [2.75, 3.05) is 31.7 Å². The van der Waals surface area contributed by atoms with Crippen molar-refractivity contribution >= 4 is 23.3 Å². The number of carbonyl (C=O) groups is 2. The number of methoxy groups -OCH3 is 1. The van der Waals surface area contributed by atoms with Gasteiger partial charge in [0.15, 0.2) is 0 Å². The zero-order valence-electron chi connectivity index (χ0n) is 21.6. The summed E-state index contributed by atoms with van der Waals surface area (Å²) in [4.78, 5) is 31.8. The van der Waals surface area contributed by atoms with Gasteiger partial charge in [0.05, 0.1) is 55.1 Å². The van der Waals surface area contributed by atoms with E-state index in [4.69, 9.17) is 14.2 Å². The SMILES string of the molecule is CCOc1cc(-c2ccc(N3CCC(CC(=O)OC(C)C)(C(=O)OC)CC3)nc2)c2c(C#N)cnn2c1. The minimum absolute atomic E-state index is 0.00317. The van der Waals surface area contributed by atoms with Crippen LogP contribution in [0.5, 0.6) is 5.75 Å². The number of hydrogen-bond donors (Lipinski definition) is 0. The molecule has 10 heteroatoms. The molecule has 0 amide bonds. The maximum atomic E-state index is 12.7. The van der Waals surface area contributed by atoms with Gasteiger partial charge in [-0.2, -0.15) is 10.4 Å². The van der Waals surface area contributed by atoms with Crippen LogP contribution in [0.1, 0.15) is 45.6 Å². The summed E-state index contributed by atoms with van der Waals surface area (Å²) in [6, 6.07) is 7.95. The summed E-state index contributed by atoms with van der Waals surface area (Å²) in [6.45, 7) is 7.07. The first-order valence-corrected chi connectivity index (χ1v) is 12.3. The molecular weight excluding hydrogens is 474 g/mol. The fraction of sp³-hybridized carbons (Fsp3) is 0.444. The average molecular weight is 506 g/mol. The Morgan fingerprint density at radius 3 is 2.57 bits per heavy atom. The van der Waals surface area contributed by atoms with Crippen LogP contribution in [-0.4, -0.2) is 59.4 Å². The van der Waals surface area contributed by atoms with Crippen molar-refractivity contribution in [2.45, 2.75) is 46.1 Å². The number of hydrogen-bond acceptors (Lipinski definition) is 9. The first-order valence-electron chi connectivity index (χ1n) is 12.3. The molecular formula is C27H31N5O5. The highest BCUT2D eigenvalue weighted by atomic mass is 16.5. The minimum Gasteiger partial charge on any atom is -0.492 e. The van der Waals surface area contributed by atoms with Gasteiger partial charge in [0.2, 0.25) is 0 Å². The zero-order chi connectivity index (χ0) is 26.6. The number of anilines is 1. The highest BCUT2D eigenvalue weighted by molar-refractivity contribution is 5.85. The number of esters is 2. The van der Waals surface area contributed by atoms with Gasteiger partial charge in [0, 0.05) is 30.4 Å². The fourth-order valence-corrected chi connectivity index (χ4v) is 4.79. The third-order valence-corrected chi connectivity index (χ3v) is 6.59. The molecule has 0 saturated carbocycles. The Bertz CT molecular complexity index is 1320. The standard InChI is InChI=1S/C27H31N5O5/c1-5-36-21-12-22(25-20(14-28)16-30-32(25)17-21)19-6-7-23(29-15-19)31-10-8-27(9-11-31,26(34)35-4)13-24(33)37-18(2)3/h6-7,12,15-18H,5,8-11,13H2,1-4H3. The van der Waals surface area contributed by atoms with Crippen LogP contribution in [0.2, 0.25) is 0 Å². The van der Waals surface area contributed by atoms with Crippen LogP contribution in [0.4, 0.5) is 5.82 Å². The largest absolute Gasteiger partial charge is 0.492 e. The lowest BCUT2D eigenvalue weighted by atomic mass is 9.75. The smallest absolute Gasteiger partial charge is 0.312 e. The Balaban J connectivity index is 1.55. The van der Waals surface area contributed by atoms with Crippen LogP contribution >= 0.6 is 0 Å². The molecule has 3 aromatic rings. The number of fused-ring (bicyclic) bond motifs is 1. The summed E-state index contributed by atoms with van der Waals surface area (Å²) in [5.41, 5.74) is 1.87. The Kier molecular flexibility index (Phi) is 7.62. The molecule has 1 saturated heterocycles. The number of pyridine rings is 2. The molecule has 3 aromatic heterocycles. The quantitative estimate of drug-likeness (QED) is 0.421.